The van der Waals surface area contributed by atoms with E-state index in [0.29, 0.717) is 0 Å². The van der Waals surface area contributed by atoms with Crippen LogP contribution < -0.4 is 0 Å². The van der Waals surface area contributed by atoms with Crippen molar-refractivity contribution in [3.05, 3.63) is 0 Å². The van der Waals surface area contributed by atoms with Crippen LogP contribution in [0.2, 0.25) is 0 Å². The van der Waals surface area contributed by atoms with E-state index in [0.717, 1.165) is 0 Å². The number of rotatable bonds is 0. The first-order chi connectivity index (χ1) is 2.81. The molecule has 0 atom stereocenters. The van der Waals surface area contributed by atoms with Gasteiger partial charge >= 0.3 is 24.8 Å². The Morgan fingerprint density at radius 2 is 2.67 bits per heavy atom. The zero-order valence-electron chi connectivity index (χ0n) is 3.39. The van der Waals surface area contributed by atoms with Crippen LogP contribution in [-0.4, -0.2) is 29.9 Å². The van der Waals surface area contributed by atoms with E-state index in [1.165, 1.54) is 0 Å². The third kappa shape index (κ3) is 9.45. The molecule has 0 bridgehead atoms. The van der Waals surface area contributed by atoms with Crippen LogP contribution in [0.5, 0.6) is 0 Å². The van der Waals surface area contributed by atoms with E-state index in [4.69, 9.17) is 1.43 Å². The normalized spacial score (nSPS) is 6.17. The molecule has 0 rings (SSSR count). The minimum atomic E-state index is -0.963. The molecule has 0 aromatic rings. The van der Waals surface area contributed by atoms with Gasteiger partial charge in [-0.15, -0.1) is 6.42 Å². The first kappa shape index (κ1) is 5.63. The van der Waals surface area contributed by atoms with Gasteiger partial charge in [0.05, 0.1) is 0 Å². The summed E-state index contributed by atoms with van der Waals surface area (Å²) in [5.74, 6) is 0.603. The van der Waals surface area contributed by atoms with Crippen molar-refractivity contribution in [3.63, 3.8) is 0 Å². The second-order valence-electron chi connectivity index (χ2n) is 0.432. The Bertz CT molecular complexity index is 95.6. The summed E-state index contributed by atoms with van der Waals surface area (Å²) in [7, 11) is 0. The minimum absolute atomic E-state index is 0. The SMILES string of the molecule is [2H]OC(=O)C#C.[LiH]. The standard InChI is InChI=1S/C3H2O2.Li.H/c1-2-3(4)5;;/h1H,(H,4,5);;/i/hD. The number of hydrogen-bond donors (Lipinski definition) is 1. The molecule has 2 nitrogen and oxygen atoms in total. The van der Waals surface area contributed by atoms with E-state index >= 15 is 0 Å². The van der Waals surface area contributed by atoms with E-state index in [9.17, 15) is 4.79 Å². The van der Waals surface area contributed by atoms with E-state index in [-0.39, 0.29) is 18.9 Å². The molecule has 0 aliphatic rings. The van der Waals surface area contributed by atoms with Crippen molar-refractivity contribution in [2.24, 2.45) is 0 Å². The van der Waals surface area contributed by atoms with Gasteiger partial charge < -0.3 is 5.11 Å². The van der Waals surface area contributed by atoms with Gasteiger partial charge in [-0.05, 0) is 0 Å². The molecule has 6 heavy (non-hydrogen) atoms. The molecule has 0 radical (unpaired) electrons. The molecule has 0 aromatic carbocycles. The molecule has 28 valence electrons. The molecule has 0 aliphatic carbocycles. The molecule has 1 N–H and O–H groups in total. The fraction of sp³-hybridized carbons (Fsp3) is 0. The summed E-state index contributed by atoms with van der Waals surface area (Å²) in [5.41, 5.74) is 0. The quantitative estimate of drug-likeness (QED) is 0.300. The van der Waals surface area contributed by atoms with Crippen LogP contribution in [0.3, 0.4) is 0 Å². The second kappa shape index (κ2) is 4.63. The molecule has 3 heteroatoms. The van der Waals surface area contributed by atoms with Gasteiger partial charge in [0.25, 0.3) is 1.43 Å². The van der Waals surface area contributed by atoms with Crippen molar-refractivity contribution in [1.29, 1.82) is 1.43 Å². The Balaban J connectivity index is 0. The van der Waals surface area contributed by atoms with Gasteiger partial charge in [-0.1, -0.05) is 0 Å². The van der Waals surface area contributed by atoms with Gasteiger partial charge in [0.15, 0.2) is 0 Å². The van der Waals surface area contributed by atoms with Crippen molar-refractivity contribution >= 4 is 24.8 Å². The average molecular weight is 79.0 g/mol. The summed E-state index contributed by atoms with van der Waals surface area (Å²) in [5, 5.41) is 3.27. The second-order valence-corrected chi connectivity index (χ2v) is 0.432. The molecule has 0 amide bonds. The summed E-state index contributed by atoms with van der Waals surface area (Å²) in [6.45, 7) is 0. The molecule has 0 spiro atoms. The molecule has 0 aliphatic heterocycles. The Morgan fingerprint density at radius 1 is 2.17 bits per heavy atom. The predicted molar refractivity (Wildman–Crippen MR) is 23.6 cm³/mol. The number of hydrogen-bond acceptors (Lipinski definition) is 2. The molecule has 0 heterocycles. The molecular formula is C3H3LiO2. The van der Waals surface area contributed by atoms with Crippen molar-refractivity contribution in [3.8, 4) is 12.3 Å². The summed E-state index contributed by atoms with van der Waals surface area (Å²) in [6, 6.07) is 0. The third-order valence-corrected chi connectivity index (χ3v) is 0.118. The first-order valence-electron chi connectivity index (χ1n) is 1.36. The van der Waals surface area contributed by atoms with Crippen molar-refractivity contribution in [1.82, 2.24) is 0 Å². The Morgan fingerprint density at radius 3 is 2.67 bits per heavy atom. The summed E-state index contributed by atoms with van der Waals surface area (Å²) < 4.78 is 5.82. The van der Waals surface area contributed by atoms with E-state index in [2.05, 4.69) is 11.5 Å². The fourth-order valence-corrected chi connectivity index (χ4v) is 0. The molecule has 0 saturated carbocycles. The third-order valence-electron chi connectivity index (χ3n) is 0.118. The Kier molecular flexibility index (Phi) is 4.34. The summed E-state index contributed by atoms with van der Waals surface area (Å²) >= 11 is 0. The maximum absolute atomic E-state index is 9.53. The molecule has 0 aromatic heterocycles. The summed E-state index contributed by atoms with van der Waals surface area (Å²) in [4.78, 5) is 9.53. The van der Waals surface area contributed by atoms with Crippen LogP contribution in [0.4, 0.5) is 0 Å². The number of terminal acetylenes is 1. The van der Waals surface area contributed by atoms with Crippen LogP contribution >= 0.6 is 0 Å². The zero-order chi connectivity index (χ0) is 4.99. The van der Waals surface area contributed by atoms with Crippen LogP contribution in [-0.2, 0) is 4.79 Å². The van der Waals surface area contributed by atoms with Gasteiger partial charge in [-0.3, -0.25) is 0 Å². The number of carboxylic acids is 1. The fourth-order valence-electron chi connectivity index (χ4n) is 0. The van der Waals surface area contributed by atoms with E-state index < -0.39 is 5.97 Å². The van der Waals surface area contributed by atoms with Crippen LogP contribution in [0, 0.1) is 12.3 Å². The van der Waals surface area contributed by atoms with E-state index in [1.54, 1.807) is 5.92 Å². The molecule has 0 unspecified atom stereocenters. The Hall–Kier alpha value is -0.373. The van der Waals surface area contributed by atoms with Gasteiger partial charge in [0, 0.05) is 5.92 Å². The van der Waals surface area contributed by atoms with E-state index in [1.807, 2.05) is 0 Å². The van der Waals surface area contributed by atoms with Crippen LogP contribution in [0.15, 0.2) is 0 Å². The van der Waals surface area contributed by atoms with Gasteiger partial charge in [0.2, 0.25) is 0 Å². The van der Waals surface area contributed by atoms with Gasteiger partial charge in [-0.25, -0.2) is 4.79 Å². The van der Waals surface area contributed by atoms with Crippen LogP contribution in [0.1, 0.15) is 0 Å². The maximum atomic E-state index is 9.53. The van der Waals surface area contributed by atoms with Crippen molar-refractivity contribution in [2.45, 2.75) is 0 Å². The number of carbonyl (C=O) groups is 1. The molecule has 0 fully saturated rings. The monoisotopic (exact) mass is 79.0 g/mol. The zero-order valence-corrected chi connectivity index (χ0v) is 2.39. The van der Waals surface area contributed by atoms with Gasteiger partial charge in [0.1, 0.15) is 0 Å². The van der Waals surface area contributed by atoms with Crippen molar-refractivity contribution in [2.75, 3.05) is 0 Å². The first-order valence-corrected chi connectivity index (χ1v) is 0.947. The number of carboxylic acid groups (broad SMARTS) is 1. The predicted octanol–water partition coefficient (Wildman–Crippen LogP) is -0.944. The van der Waals surface area contributed by atoms with Crippen LogP contribution in [0.25, 0.3) is 1.43 Å². The van der Waals surface area contributed by atoms with Gasteiger partial charge in [-0.2, -0.15) is 0 Å². The average Bonchev–Trinajstić information content (AvgIpc) is 1.65. The number of aliphatic carboxylic acids is 1. The van der Waals surface area contributed by atoms with Crippen molar-refractivity contribution < 1.29 is 9.90 Å². The Labute approximate surface area is 49.2 Å². The molecule has 0 saturated heterocycles. The topological polar surface area (TPSA) is 37.3 Å². The summed E-state index contributed by atoms with van der Waals surface area (Å²) in [6.07, 6.45) is 4.44. The molecular weight excluding hydrogens is 75.0 g/mol.